The van der Waals surface area contributed by atoms with Gasteiger partial charge in [0.25, 0.3) is 5.89 Å². The summed E-state index contributed by atoms with van der Waals surface area (Å²) in [6.07, 6.45) is 0.723. The monoisotopic (exact) mass is 281 g/mol. The minimum atomic E-state index is -0.586. The first-order valence-electron chi connectivity index (χ1n) is 5.95. The Morgan fingerprint density at radius 2 is 2.21 bits per heavy atom. The van der Waals surface area contributed by atoms with Gasteiger partial charge in [-0.05, 0) is 25.5 Å². The minimum absolute atomic E-state index is 0.301. The molecule has 1 aromatic heterocycles. The molecule has 1 unspecified atom stereocenters. The van der Waals surface area contributed by atoms with Gasteiger partial charge < -0.3 is 15.0 Å². The molecule has 0 amide bonds. The van der Waals surface area contributed by atoms with Gasteiger partial charge in [0.2, 0.25) is 5.82 Å². The van der Waals surface area contributed by atoms with Crippen LogP contribution in [0.1, 0.15) is 26.1 Å². The zero-order chi connectivity index (χ0) is 14.0. The fourth-order valence-corrected chi connectivity index (χ4v) is 1.96. The van der Waals surface area contributed by atoms with Crippen molar-refractivity contribution in [1.82, 2.24) is 10.1 Å². The van der Waals surface area contributed by atoms with Crippen LogP contribution in [0.4, 0.5) is 5.69 Å². The molecule has 2 aromatic rings. The van der Waals surface area contributed by atoms with Gasteiger partial charge >= 0.3 is 0 Å². The molecule has 5 nitrogen and oxygen atoms in total. The van der Waals surface area contributed by atoms with Crippen molar-refractivity contribution in [2.45, 2.75) is 25.9 Å². The van der Waals surface area contributed by atoms with Crippen molar-refractivity contribution in [3.63, 3.8) is 0 Å². The Balaban J connectivity index is 2.47. The number of nitrogen functional groups attached to an aromatic ring is 1. The molecule has 1 heterocycles. The van der Waals surface area contributed by atoms with E-state index in [4.69, 9.17) is 26.6 Å². The zero-order valence-corrected chi connectivity index (χ0v) is 11.9. The van der Waals surface area contributed by atoms with Gasteiger partial charge in [-0.15, -0.1) is 0 Å². The van der Waals surface area contributed by atoms with Crippen molar-refractivity contribution in [3.05, 3.63) is 29.0 Å². The van der Waals surface area contributed by atoms with Crippen molar-refractivity contribution in [1.29, 1.82) is 0 Å². The van der Waals surface area contributed by atoms with Crippen LogP contribution < -0.4 is 5.73 Å². The van der Waals surface area contributed by atoms with E-state index in [0.29, 0.717) is 28.0 Å². The molecule has 1 aromatic carbocycles. The Morgan fingerprint density at radius 3 is 2.79 bits per heavy atom. The van der Waals surface area contributed by atoms with Gasteiger partial charge in [0.1, 0.15) is 5.60 Å². The van der Waals surface area contributed by atoms with E-state index < -0.39 is 5.60 Å². The molecule has 0 bridgehead atoms. The molecule has 0 fully saturated rings. The van der Waals surface area contributed by atoms with Crippen LogP contribution >= 0.6 is 11.6 Å². The standard InChI is InChI=1S/C13H16ClN3O2/c1-4-13(2,18-3)12-16-11(19-17-12)10-8(14)6-5-7-9(10)15/h5-7H,4,15H2,1-3H3. The predicted octanol–water partition coefficient (Wildman–Crippen LogP) is 3.24. The smallest absolute Gasteiger partial charge is 0.261 e. The van der Waals surface area contributed by atoms with Gasteiger partial charge in [-0.3, -0.25) is 0 Å². The number of aromatic nitrogens is 2. The fourth-order valence-electron chi connectivity index (χ4n) is 1.70. The van der Waals surface area contributed by atoms with Crippen LogP contribution in [0.3, 0.4) is 0 Å². The molecule has 102 valence electrons. The number of nitrogens with two attached hydrogens (primary N) is 1. The van der Waals surface area contributed by atoms with E-state index >= 15 is 0 Å². The molecule has 0 aliphatic carbocycles. The lowest BCUT2D eigenvalue weighted by molar-refractivity contribution is -0.0106. The molecule has 0 spiro atoms. The second-order valence-corrected chi connectivity index (χ2v) is 4.82. The van der Waals surface area contributed by atoms with Gasteiger partial charge in [0.15, 0.2) is 0 Å². The van der Waals surface area contributed by atoms with E-state index in [0.717, 1.165) is 6.42 Å². The Labute approximate surface area is 116 Å². The summed E-state index contributed by atoms with van der Waals surface area (Å²) in [5.74, 6) is 0.779. The molecule has 0 aliphatic rings. The van der Waals surface area contributed by atoms with E-state index in [1.807, 2.05) is 13.8 Å². The number of methoxy groups -OCH3 is 1. The maximum absolute atomic E-state index is 6.12. The summed E-state index contributed by atoms with van der Waals surface area (Å²) in [4.78, 5) is 4.35. The summed E-state index contributed by atoms with van der Waals surface area (Å²) in [5, 5.41) is 4.44. The number of nitrogens with zero attached hydrogens (tertiary/aromatic N) is 2. The van der Waals surface area contributed by atoms with Crippen LogP contribution in [0.5, 0.6) is 0 Å². The third kappa shape index (κ3) is 2.43. The third-order valence-electron chi connectivity index (χ3n) is 3.28. The van der Waals surface area contributed by atoms with Crippen LogP contribution in [-0.4, -0.2) is 17.3 Å². The maximum Gasteiger partial charge on any atom is 0.261 e. The quantitative estimate of drug-likeness (QED) is 0.871. The molecular formula is C13H16ClN3O2. The van der Waals surface area contributed by atoms with E-state index in [1.165, 1.54) is 0 Å². The predicted molar refractivity (Wildman–Crippen MR) is 73.8 cm³/mol. The summed E-state index contributed by atoms with van der Waals surface area (Å²) in [5.41, 5.74) is 6.36. The van der Waals surface area contributed by atoms with E-state index in [9.17, 15) is 0 Å². The molecule has 1 atom stereocenters. The lowest BCUT2D eigenvalue weighted by Gasteiger charge is -2.21. The van der Waals surface area contributed by atoms with E-state index in [1.54, 1.807) is 25.3 Å². The van der Waals surface area contributed by atoms with Crippen molar-refractivity contribution in [2.75, 3.05) is 12.8 Å². The second-order valence-electron chi connectivity index (χ2n) is 4.42. The number of hydrogen-bond acceptors (Lipinski definition) is 5. The number of halogens is 1. The number of ether oxygens (including phenoxy) is 1. The molecular weight excluding hydrogens is 266 g/mol. The Bertz CT molecular complexity index is 559. The Hall–Kier alpha value is -1.59. The second kappa shape index (κ2) is 5.19. The Morgan fingerprint density at radius 1 is 1.47 bits per heavy atom. The number of hydrogen-bond donors (Lipinski definition) is 1. The normalized spacial score (nSPS) is 14.3. The first kappa shape index (κ1) is 13.8. The van der Waals surface area contributed by atoms with Crippen molar-refractivity contribution < 1.29 is 9.26 Å². The highest BCUT2D eigenvalue weighted by Gasteiger charge is 2.30. The molecule has 0 saturated carbocycles. The number of anilines is 1. The van der Waals surface area contributed by atoms with Crippen LogP contribution in [0.2, 0.25) is 5.02 Å². The SMILES string of the molecule is CCC(C)(OC)c1noc(-c2c(N)cccc2Cl)n1. The minimum Gasteiger partial charge on any atom is -0.398 e. The van der Waals surface area contributed by atoms with Crippen molar-refractivity contribution in [3.8, 4) is 11.5 Å². The van der Waals surface area contributed by atoms with Crippen LogP contribution in [0.25, 0.3) is 11.5 Å². The summed E-state index contributed by atoms with van der Waals surface area (Å²) in [7, 11) is 1.61. The third-order valence-corrected chi connectivity index (χ3v) is 3.60. The highest BCUT2D eigenvalue weighted by Crippen LogP contribution is 2.34. The molecule has 6 heteroatoms. The molecule has 2 N–H and O–H groups in total. The first-order chi connectivity index (χ1) is 9.01. The van der Waals surface area contributed by atoms with Crippen LogP contribution in [0, 0.1) is 0 Å². The first-order valence-corrected chi connectivity index (χ1v) is 6.33. The molecule has 0 saturated heterocycles. The lowest BCUT2D eigenvalue weighted by Crippen LogP contribution is -2.24. The molecule has 0 radical (unpaired) electrons. The van der Waals surface area contributed by atoms with Crippen LogP contribution in [-0.2, 0) is 10.3 Å². The molecule has 2 rings (SSSR count). The van der Waals surface area contributed by atoms with Gasteiger partial charge in [-0.1, -0.05) is 29.7 Å². The van der Waals surface area contributed by atoms with Gasteiger partial charge in [0, 0.05) is 12.8 Å². The average molecular weight is 282 g/mol. The summed E-state index contributed by atoms with van der Waals surface area (Å²) in [6.45, 7) is 3.89. The largest absolute Gasteiger partial charge is 0.398 e. The molecule has 19 heavy (non-hydrogen) atoms. The van der Waals surface area contributed by atoms with E-state index in [2.05, 4.69) is 10.1 Å². The maximum atomic E-state index is 6.12. The van der Waals surface area contributed by atoms with Gasteiger partial charge in [-0.25, -0.2) is 0 Å². The highest BCUT2D eigenvalue weighted by molar-refractivity contribution is 6.33. The van der Waals surface area contributed by atoms with Gasteiger partial charge in [0.05, 0.1) is 10.6 Å². The highest BCUT2D eigenvalue weighted by atomic mass is 35.5. The van der Waals surface area contributed by atoms with Gasteiger partial charge in [-0.2, -0.15) is 4.98 Å². The van der Waals surface area contributed by atoms with Crippen molar-refractivity contribution in [2.24, 2.45) is 0 Å². The zero-order valence-electron chi connectivity index (χ0n) is 11.1. The van der Waals surface area contributed by atoms with E-state index in [-0.39, 0.29) is 0 Å². The van der Waals surface area contributed by atoms with Crippen LogP contribution in [0.15, 0.2) is 22.7 Å². The summed E-state index contributed by atoms with van der Waals surface area (Å²) < 4.78 is 10.7. The summed E-state index contributed by atoms with van der Waals surface area (Å²) >= 11 is 6.12. The Kier molecular flexibility index (Phi) is 3.78. The topological polar surface area (TPSA) is 74.2 Å². The fraction of sp³-hybridized carbons (Fsp3) is 0.385. The number of rotatable bonds is 4. The average Bonchev–Trinajstić information content (AvgIpc) is 2.87. The lowest BCUT2D eigenvalue weighted by atomic mass is 10.0. The summed E-state index contributed by atoms with van der Waals surface area (Å²) in [6, 6.07) is 5.23. The number of benzene rings is 1. The van der Waals surface area contributed by atoms with Crippen molar-refractivity contribution >= 4 is 17.3 Å². The molecule has 0 aliphatic heterocycles.